The predicted octanol–water partition coefficient (Wildman–Crippen LogP) is 3.09. The smallest absolute Gasteiger partial charge is 0.325 e. The number of carboxylic acid groups (broad SMARTS) is 1. The standard InChI is InChI=1S/C13H14ClIN2O4/c1-13(2,11(19)20)6-10(18)17-12(21)16-9-4-3-7(15)5-8(9)14/h3-5H,6H2,1-2H3,(H,19,20)(H2,16,17,18,21). The van der Waals surface area contributed by atoms with Crippen LogP contribution in [-0.4, -0.2) is 23.0 Å². The lowest BCUT2D eigenvalue weighted by atomic mass is 9.89. The summed E-state index contributed by atoms with van der Waals surface area (Å²) in [4.78, 5) is 34.2. The summed E-state index contributed by atoms with van der Waals surface area (Å²) in [6, 6.07) is 4.25. The highest BCUT2D eigenvalue weighted by molar-refractivity contribution is 14.1. The van der Waals surface area contributed by atoms with Gasteiger partial charge in [-0.05, 0) is 54.6 Å². The van der Waals surface area contributed by atoms with Gasteiger partial charge in [0.25, 0.3) is 0 Å². The number of hydrogen-bond acceptors (Lipinski definition) is 3. The molecular formula is C13H14ClIN2O4. The van der Waals surface area contributed by atoms with Crippen LogP contribution < -0.4 is 10.6 Å². The molecule has 0 aliphatic rings. The molecule has 0 spiro atoms. The fourth-order valence-electron chi connectivity index (χ4n) is 1.39. The van der Waals surface area contributed by atoms with Crippen LogP contribution in [0.4, 0.5) is 10.5 Å². The summed E-state index contributed by atoms with van der Waals surface area (Å²) >= 11 is 8.02. The third-order valence-corrected chi connectivity index (χ3v) is 3.60. The predicted molar refractivity (Wildman–Crippen MR) is 87.4 cm³/mol. The van der Waals surface area contributed by atoms with Crippen molar-refractivity contribution in [2.75, 3.05) is 5.32 Å². The molecule has 0 fully saturated rings. The van der Waals surface area contributed by atoms with Gasteiger partial charge in [0.2, 0.25) is 5.91 Å². The number of hydrogen-bond donors (Lipinski definition) is 3. The summed E-state index contributed by atoms with van der Waals surface area (Å²) in [5.74, 6) is -1.79. The molecule has 6 nitrogen and oxygen atoms in total. The number of carboxylic acids is 1. The average Bonchev–Trinajstić information content (AvgIpc) is 2.31. The minimum Gasteiger partial charge on any atom is -0.481 e. The fraction of sp³-hybridized carbons (Fsp3) is 0.308. The van der Waals surface area contributed by atoms with Crippen molar-refractivity contribution < 1.29 is 19.5 Å². The Labute approximate surface area is 140 Å². The van der Waals surface area contributed by atoms with Gasteiger partial charge in [0.15, 0.2) is 0 Å². The van der Waals surface area contributed by atoms with Gasteiger partial charge in [0.05, 0.1) is 16.1 Å². The number of urea groups is 1. The summed E-state index contributed by atoms with van der Waals surface area (Å²) in [5.41, 5.74) is -0.884. The molecule has 8 heteroatoms. The number of rotatable bonds is 4. The molecule has 0 radical (unpaired) electrons. The zero-order chi connectivity index (χ0) is 16.2. The molecule has 21 heavy (non-hydrogen) atoms. The number of benzene rings is 1. The maximum Gasteiger partial charge on any atom is 0.325 e. The molecule has 0 saturated carbocycles. The Morgan fingerprint density at radius 3 is 2.48 bits per heavy atom. The van der Waals surface area contributed by atoms with E-state index in [4.69, 9.17) is 16.7 Å². The zero-order valence-corrected chi connectivity index (χ0v) is 14.3. The van der Waals surface area contributed by atoms with Crippen molar-refractivity contribution in [2.24, 2.45) is 5.41 Å². The Kier molecular flexibility index (Phi) is 5.97. The summed E-state index contributed by atoms with van der Waals surface area (Å²) in [7, 11) is 0. The molecule has 3 amide bonds. The van der Waals surface area contributed by atoms with E-state index in [2.05, 4.69) is 33.2 Å². The number of halogens is 2. The highest BCUT2D eigenvalue weighted by Crippen LogP contribution is 2.24. The fourth-order valence-corrected chi connectivity index (χ4v) is 2.30. The maximum absolute atomic E-state index is 11.7. The van der Waals surface area contributed by atoms with Crippen molar-refractivity contribution in [3.63, 3.8) is 0 Å². The molecule has 0 aliphatic heterocycles. The first-order chi connectivity index (χ1) is 9.61. The Hall–Kier alpha value is -1.35. The molecule has 1 rings (SSSR count). The molecule has 0 atom stereocenters. The number of carbonyl (C=O) groups excluding carboxylic acids is 2. The molecule has 0 aliphatic carbocycles. The van der Waals surface area contributed by atoms with Crippen molar-refractivity contribution in [1.29, 1.82) is 0 Å². The highest BCUT2D eigenvalue weighted by atomic mass is 127. The van der Waals surface area contributed by atoms with E-state index in [1.54, 1.807) is 18.2 Å². The van der Waals surface area contributed by atoms with Gasteiger partial charge >= 0.3 is 12.0 Å². The lowest BCUT2D eigenvalue weighted by Crippen LogP contribution is -2.38. The van der Waals surface area contributed by atoms with Gasteiger partial charge in [0, 0.05) is 9.99 Å². The molecule has 0 unspecified atom stereocenters. The number of carbonyl (C=O) groups is 3. The Morgan fingerprint density at radius 1 is 1.33 bits per heavy atom. The van der Waals surface area contributed by atoms with E-state index >= 15 is 0 Å². The second-order valence-electron chi connectivity index (χ2n) is 4.99. The van der Waals surface area contributed by atoms with Crippen molar-refractivity contribution in [2.45, 2.75) is 20.3 Å². The third kappa shape index (κ3) is 5.50. The zero-order valence-electron chi connectivity index (χ0n) is 11.4. The van der Waals surface area contributed by atoms with Crippen LogP contribution in [0.1, 0.15) is 20.3 Å². The summed E-state index contributed by atoms with van der Waals surface area (Å²) < 4.78 is 0.905. The quantitative estimate of drug-likeness (QED) is 0.647. The van der Waals surface area contributed by atoms with Crippen molar-refractivity contribution >= 4 is 57.8 Å². The normalized spacial score (nSPS) is 10.9. The number of nitrogens with one attached hydrogen (secondary N) is 2. The maximum atomic E-state index is 11.7. The van der Waals surface area contributed by atoms with Crippen molar-refractivity contribution in [3.8, 4) is 0 Å². The minimum atomic E-state index is -1.25. The lowest BCUT2D eigenvalue weighted by Gasteiger charge is -2.18. The summed E-state index contributed by atoms with van der Waals surface area (Å²) in [6.07, 6.45) is -0.309. The molecular weight excluding hydrogens is 411 g/mol. The second-order valence-corrected chi connectivity index (χ2v) is 6.65. The van der Waals surface area contributed by atoms with Gasteiger partial charge in [0.1, 0.15) is 0 Å². The Bertz CT molecular complexity index is 590. The van der Waals surface area contributed by atoms with Crippen LogP contribution in [0, 0.1) is 8.99 Å². The Balaban J connectivity index is 2.61. The van der Waals surface area contributed by atoms with Crippen LogP contribution in [-0.2, 0) is 9.59 Å². The van der Waals surface area contributed by atoms with Crippen LogP contribution in [0.25, 0.3) is 0 Å². The number of imide groups is 1. The summed E-state index contributed by atoms with van der Waals surface area (Å²) in [5, 5.41) is 13.8. The Morgan fingerprint density at radius 2 is 1.95 bits per heavy atom. The van der Waals surface area contributed by atoms with Gasteiger partial charge < -0.3 is 10.4 Å². The molecule has 0 aromatic heterocycles. The van der Waals surface area contributed by atoms with Gasteiger partial charge in [-0.1, -0.05) is 11.6 Å². The first-order valence-corrected chi connectivity index (χ1v) is 7.37. The van der Waals surface area contributed by atoms with E-state index in [1.165, 1.54) is 13.8 Å². The molecule has 0 bridgehead atoms. The van der Waals surface area contributed by atoms with Crippen LogP contribution >= 0.6 is 34.2 Å². The van der Waals surface area contributed by atoms with Crippen molar-refractivity contribution in [3.05, 3.63) is 26.8 Å². The molecule has 0 heterocycles. The monoisotopic (exact) mass is 424 g/mol. The van der Waals surface area contributed by atoms with E-state index in [-0.39, 0.29) is 6.42 Å². The van der Waals surface area contributed by atoms with Gasteiger partial charge in [-0.2, -0.15) is 0 Å². The lowest BCUT2D eigenvalue weighted by molar-refractivity contribution is -0.149. The SMILES string of the molecule is CC(C)(CC(=O)NC(=O)Nc1ccc(I)cc1Cl)C(=O)O. The van der Waals surface area contributed by atoms with E-state index in [1.807, 2.05) is 0 Å². The van der Waals surface area contributed by atoms with E-state index in [0.29, 0.717) is 10.7 Å². The third-order valence-electron chi connectivity index (χ3n) is 2.61. The van der Waals surface area contributed by atoms with Crippen LogP contribution in [0.15, 0.2) is 18.2 Å². The minimum absolute atomic E-state index is 0.309. The largest absolute Gasteiger partial charge is 0.481 e. The molecule has 3 N–H and O–H groups in total. The van der Waals surface area contributed by atoms with E-state index < -0.39 is 23.3 Å². The van der Waals surface area contributed by atoms with E-state index in [9.17, 15) is 14.4 Å². The molecule has 114 valence electrons. The van der Waals surface area contributed by atoms with Gasteiger partial charge in [-0.15, -0.1) is 0 Å². The van der Waals surface area contributed by atoms with Gasteiger partial charge in [-0.3, -0.25) is 14.9 Å². The highest BCUT2D eigenvalue weighted by Gasteiger charge is 2.30. The summed E-state index contributed by atoms with van der Waals surface area (Å²) in [6.45, 7) is 2.81. The first kappa shape index (κ1) is 17.7. The number of aliphatic carboxylic acids is 1. The second kappa shape index (κ2) is 7.08. The molecule has 0 saturated heterocycles. The molecule has 1 aromatic rings. The topological polar surface area (TPSA) is 95.5 Å². The first-order valence-electron chi connectivity index (χ1n) is 5.91. The molecule has 1 aromatic carbocycles. The number of amides is 3. The van der Waals surface area contributed by atoms with Crippen LogP contribution in [0.2, 0.25) is 5.02 Å². The number of anilines is 1. The average molecular weight is 425 g/mol. The van der Waals surface area contributed by atoms with E-state index in [0.717, 1.165) is 3.57 Å². The van der Waals surface area contributed by atoms with Crippen LogP contribution in [0.5, 0.6) is 0 Å². The van der Waals surface area contributed by atoms with Crippen molar-refractivity contribution in [1.82, 2.24) is 5.32 Å². The van der Waals surface area contributed by atoms with Crippen LogP contribution in [0.3, 0.4) is 0 Å². The van der Waals surface area contributed by atoms with Gasteiger partial charge in [-0.25, -0.2) is 4.79 Å².